The molecule has 2 unspecified atom stereocenters. The van der Waals surface area contributed by atoms with E-state index in [4.69, 9.17) is 5.26 Å². The van der Waals surface area contributed by atoms with E-state index >= 15 is 0 Å². The standard InChI is InChI=1S/C12H16N4/c1-10(7-13)12-9-15-5-6-16(12)11-3-2-4-14-8-11/h2-4,8,10,12,15H,5-6,9H2,1H3. The molecule has 84 valence electrons. The quantitative estimate of drug-likeness (QED) is 0.802. The highest BCUT2D eigenvalue weighted by molar-refractivity contribution is 5.46. The first-order valence-electron chi connectivity index (χ1n) is 5.60. The second-order valence-corrected chi connectivity index (χ2v) is 4.09. The maximum atomic E-state index is 9.03. The molecule has 2 atom stereocenters. The van der Waals surface area contributed by atoms with E-state index in [1.165, 1.54) is 0 Å². The SMILES string of the molecule is CC(C#N)C1CNCCN1c1cccnc1. The van der Waals surface area contributed by atoms with Crippen LogP contribution in [0.1, 0.15) is 6.92 Å². The summed E-state index contributed by atoms with van der Waals surface area (Å²) in [5.41, 5.74) is 1.11. The fourth-order valence-corrected chi connectivity index (χ4v) is 2.10. The number of anilines is 1. The Labute approximate surface area is 95.9 Å². The lowest BCUT2D eigenvalue weighted by molar-refractivity contribution is 0.419. The lowest BCUT2D eigenvalue weighted by atomic mass is 9.99. The van der Waals surface area contributed by atoms with Crippen LogP contribution < -0.4 is 10.2 Å². The topological polar surface area (TPSA) is 52.0 Å². The molecule has 1 aromatic rings. The number of nitrogens with zero attached hydrogens (tertiary/aromatic N) is 3. The van der Waals surface area contributed by atoms with Crippen molar-refractivity contribution in [3.8, 4) is 6.07 Å². The Morgan fingerprint density at radius 3 is 3.25 bits per heavy atom. The largest absolute Gasteiger partial charge is 0.363 e. The van der Waals surface area contributed by atoms with E-state index in [0.29, 0.717) is 0 Å². The van der Waals surface area contributed by atoms with Gasteiger partial charge in [0, 0.05) is 25.8 Å². The third-order valence-corrected chi connectivity index (χ3v) is 3.04. The molecule has 0 bridgehead atoms. The summed E-state index contributed by atoms with van der Waals surface area (Å²) in [4.78, 5) is 6.41. The third-order valence-electron chi connectivity index (χ3n) is 3.04. The van der Waals surface area contributed by atoms with E-state index < -0.39 is 0 Å². The van der Waals surface area contributed by atoms with Gasteiger partial charge in [-0.3, -0.25) is 4.98 Å². The molecule has 0 amide bonds. The number of pyridine rings is 1. The number of nitriles is 1. The molecular weight excluding hydrogens is 200 g/mol. The Balaban J connectivity index is 2.21. The molecule has 0 spiro atoms. The Kier molecular flexibility index (Phi) is 3.37. The van der Waals surface area contributed by atoms with Gasteiger partial charge in [0.05, 0.1) is 29.9 Å². The van der Waals surface area contributed by atoms with Gasteiger partial charge < -0.3 is 10.2 Å². The Morgan fingerprint density at radius 2 is 2.56 bits per heavy atom. The summed E-state index contributed by atoms with van der Waals surface area (Å²) in [7, 11) is 0. The fraction of sp³-hybridized carbons (Fsp3) is 0.500. The van der Waals surface area contributed by atoms with Crippen LogP contribution in [-0.2, 0) is 0 Å². The van der Waals surface area contributed by atoms with Crippen molar-refractivity contribution in [3.63, 3.8) is 0 Å². The summed E-state index contributed by atoms with van der Waals surface area (Å²) in [5.74, 6) is 0.0213. The minimum Gasteiger partial charge on any atom is -0.363 e. The molecule has 0 aliphatic carbocycles. The number of aromatic nitrogens is 1. The summed E-state index contributed by atoms with van der Waals surface area (Å²) in [6.07, 6.45) is 3.64. The Bertz CT molecular complexity index is 370. The first kappa shape index (κ1) is 10.9. The lowest BCUT2D eigenvalue weighted by Gasteiger charge is -2.39. The molecule has 2 heterocycles. The zero-order valence-electron chi connectivity index (χ0n) is 9.43. The van der Waals surface area contributed by atoms with Gasteiger partial charge in [-0.2, -0.15) is 5.26 Å². The third kappa shape index (κ3) is 2.15. The molecule has 1 aliphatic heterocycles. The van der Waals surface area contributed by atoms with E-state index in [0.717, 1.165) is 25.3 Å². The van der Waals surface area contributed by atoms with Gasteiger partial charge in [0.1, 0.15) is 0 Å². The molecule has 4 heteroatoms. The van der Waals surface area contributed by atoms with Crippen molar-refractivity contribution in [2.75, 3.05) is 24.5 Å². The molecular formula is C12H16N4. The average Bonchev–Trinajstić information content (AvgIpc) is 2.39. The van der Waals surface area contributed by atoms with Crippen LogP contribution in [0.2, 0.25) is 0 Å². The molecule has 1 fully saturated rings. The van der Waals surface area contributed by atoms with Crippen LogP contribution in [0.3, 0.4) is 0 Å². The zero-order chi connectivity index (χ0) is 11.4. The van der Waals surface area contributed by atoms with Crippen molar-refractivity contribution in [2.45, 2.75) is 13.0 Å². The fourth-order valence-electron chi connectivity index (χ4n) is 2.10. The molecule has 16 heavy (non-hydrogen) atoms. The number of piperazine rings is 1. The number of hydrogen-bond donors (Lipinski definition) is 1. The first-order chi connectivity index (χ1) is 7.83. The highest BCUT2D eigenvalue weighted by Gasteiger charge is 2.27. The maximum Gasteiger partial charge on any atom is 0.0675 e. The van der Waals surface area contributed by atoms with Gasteiger partial charge in [0.25, 0.3) is 0 Å². The predicted molar refractivity (Wildman–Crippen MR) is 63.0 cm³/mol. The summed E-state index contributed by atoms with van der Waals surface area (Å²) >= 11 is 0. The predicted octanol–water partition coefficient (Wildman–Crippen LogP) is 1.02. The Hall–Kier alpha value is -1.60. The van der Waals surface area contributed by atoms with Crippen LogP contribution in [0, 0.1) is 17.2 Å². The molecule has 2 rings (SSSR count). The minimum absolute atomic E-state index is 0.0213. The molecule has 0 radical (unpaired) electrons. The van der Waals surface area contributed by atoms with Gasteiger partial charge in [-0.15, -0.1) is 0 Å². The first-order valence-corrected chi connectivity index (χ1v) is 5.60. The number of hydrogen-bond acceptors (Lipinski definition) is 4. The lowest BCUT2D eigenvalue weighted by Crippen LogP contribution is -2.54. The van der Waals surface area contributed by atoms with E-state index in [2.05, 4.69) is 27.3 Å². The van der Waals surface area contributed by atoms with Crippen molar-refractivity contribution in [2.24, 2.45) is 5.92 Å². The summed E-state index contributed by atoms with van der Waals surface area (Å²) < 4.78 is 0. The monoisotopic (exact) mass is 216 g/mol. The van der Waals surface area contributed by atoms with Crippen LogP contribution in [-0.4, -0.2) is 30.7 Å². The van der Waals surface area contributed by atoms with Gasteiger partial charge >= 0.3 is 0 Å². The maximum absolute atomic E-state index is 9.03. The van der Waals surface area contributed by atoms with Crippen LogP contribution in [0.5, 0.6) is 0 Å². The van der Waals surface area contributed by atoms with Crippen molar-refractivity contribution < 1.29 is 0 Å². The molecule has 0 saturated carbocycles. The van der Waals surface area contributed by atoms with Crippen molar-refractivity contribution >= 4 is 5.69 Å². The smallest absolute Gasteiger partial charge is 0.0675 e. The van der Waals surface area contributed by atoms with E-state index in [1.807, 2.05) is 19.2 Å². The van der Waals surface area contributed by atoms with Gasteiger partial charge in [-0.1, -0.05) is 0 Å². The van der Waals surface area contributed by atoms with E-state index in [1.54, 1.807) is 6.20 Å². The molecule has 1 aliphatic rings. The van der Waals surface area contributed by atoms with Crippen LogP contribution in [0.25, 0.3) is 0 Å². The average molecular weight is 216 g/mol. The van der Waals surface area contributed by atoms with Crippen molar-refractivity contribution in [1.29, 1.82) is 5.26 Å². The summed E-state index contributed by atoms with van der Waals surface area (Å²) in [6.45, 7) is 4.73. The second-order valence-electron chi connectivity index (χ2n) is 4.09. The molecule has 1 aromatic heterocycles. The number of rotatable bonds is 2. The van der Waals surface area contributed by atoms with Crippen molar-refractivity contribution in [1.82, 2.24) is 10.3 Å². The molecule has 1 N–H and O–H groups in total. The van der Waals surface area contributed by atoms with Gasteiger partial charge in [-0.05, 0) is 19.1 Å². The summed E-state index contributed by atoms with van der Waals surface area (Å²) in [5, 5.41) is 12.4. The van der Waals surface area contributed by atoms with Gasteiger partial charge in [0.2, 0.25) is 0 Å². The van der Waals surface area contributed by atoms with Crippen LogP contribution in [0.15, 0.2) is 24.5 Å². The van der Waals surface area contributed by atoms with E-state index in [-0.39, 0.29) is 12.0 Å². The molecule has 4 nitrogen and oxygen atoms in total. The second kappa shape index (κ2) is 4.95. The zero-order valence-corrected chi connectivity index (χ0v) is 9.43. The van der Waals surface area contributed by atoms with Gasteiger partial charge in [0.15, 0.2) is 0 Å². The summed E-state index contributed by atoms with van der Waals surface area (Å²) in [6, 6.07) is 6.56. The Morgan fingerprint density at radius 1 is 1.69 bits per heavy atom. The van der Waals surface area contributed by atoms with E-state index in [9.17, 15) is 0 Å². The highest BCUT2D eigenvalue weighted by atomic mass is 15.2. The number of nitrogens with one attached hydrogen (secondary N) is 1. The van der Waals surface area contributed by atoms with Crippen molar-refractivity contribution in [3.05, 3.63) is 24.5 Å². The highest BCUT2D eigenvalue weighted by Crippen LogP contribution is 2.20. The molecule has 1 saturated heterocycles. The van der Waals surface area contributed by atoms with Crippen LogP contribution in [0.4, 0.5) is 5.69 Å². The normalized spacial score (nSPS) is 22.5. The van der Waals surface area contributed by atoms with Crippen LogP contribution >= 0.6 is 0 Å². The minimum atomic E-state index is 0.0213. The van der Waals surface area contributed by atoms with Gasteiger partial charge in [-0.25, -0.2) is 0 Å². The molecule has 0 aromatic carbocycles.